The second-order valence-electron chi connectivity index (χ2n) is 3.14. The van der Waals surface area contributed by atoms with E-state index in [4.69, 9.17) is 0 Å². The summed E-state index contributed by atoms with van der Waals surface area (Å²) in [4.78, 5) is 0. The lowest BCUT2D eigenvalue weighted by Crippen LogP contribution is -1.95. The lowest BCUT2D eigenvalue weighted by Gasteiger charge is -2.04. The summed E-state index contributed by atoms with van der Waals surface area (Å²) in [5.74, 6) is 0. The minimum atomic E-state index is 0.879. The maximum absolute atomic E-state index is 3.79. The summed E-state index contributed by atoms with van der Waals surface area (Å²) in [6.07, 6.45) is 4.04. The van der Waals surface area contributed by atoms with Crippen LogP contribution in [0.25, 0.3) is 10.9 Å². The number of nitrogens with zero attached hydrogens (tertiary/aromatic N) is 1. The van der Waals surface area contributed by atoms with Crippen molar-refractivity contribution in [1.82, 2.24) is 4.57 Å². The summed E-state index contributed by atoms with van der Waals surface area (Å²) >= 11 is 1.78. The van der Waals surface area contributed by atoms with E-state index >= 15 is 0 Å². The normalized spacial score (nSPS) is 10.6. The van der Waals surface area contributed by atoms with Crippen molar-refractivity contribution in [3.63, 3.8) is 0 Å². The van der Waals surface area contributed by atoms with Crippen molar-refractivity contribution >= 4 is 22.7 Å². The molecule has 1 aromatic carbocycles. The van der Waals surface area contributed by atoms with Gasteiger partial charge in [0.05, 0.1) is 5.03 Å². The van der Waals surface area contributed by atoms with Gasteiger partial charge in [-0.3, -0.25) is 0 Å². The molecule has 0 saturated heterocycles. The van der Waals surface area contributed by atoms with Crippen molar-refractivity contribution in [1.29, 1.82) is 0 Å². The molecule has 0 bridgehead atoms. The van der Waals surface area contributed by atoms with E-state index in [1.165, 1.54) is 15.9 Å². The van der Waals surface area contributed by atoms with Gasteiger partial charge in [-0.25, -0.2) is 0 Å². The number of hydrogen-bond donors (Lipinski definition) is 0. The van der Waals surface area contributed by atoms with Crippen molar-refractivity contribution in [2.75, 3.05) is 6.26 Å². The molecule has 1 nitrogen and oxygen atoms in total. The van der Waals surface area contributed by atoms with Crippen LogP contribution in [0.2, 0.25) is 0 Å². The molecule has 0 aliphatic rings. The fourth-order valence-corrected chi connectivity index (χ4v) is 2.31. The molecule has 2 aromatic rings. The second kappa shape index (κ2) is 3.93. The molecular weight excluding hydrogens is 190 g/mol. The van der Waals surface area contributed by atoms with Gasteiger partial charge >= 0.3 is 0 Å². The third-order valence-corrected chi connectivity index (χ3v) is 3.05. The molecule has 2 rings (SSSR count). The van der Waals surface area contributed by atoms with Crippen LogP contribution in [-0.4, -0.2) is 10.8 Å². The van der Waals surface area contributed by atoms with Gasteiger partial charge in [0.25, 0.3) is 0 Å². The van der Waals surface area contributed by atoms with Crippen LogP contribution in [0.3, 0.4) is 0 Å². The first-order valence-electron chi connectivity index (χ1n) is 4.60. The zero-order valence-corrected chi connectivity index (χ0v) is 9.05. The van der Waals surface area contributed by atoms with E-state index in [1.807, 2.05) is 6.08 Å². The van der Waals surface area contributed by atoms with Crippen LogP contribution in [-0.2, 0) is 6.54 Å². The molecule has 0 fully saturated rings. The number of hydrogen-bond acceptors (Lipinski definition) is 1. The van der Waals surface area contributed by atoms with E-state index in [-0.39, 0.29) is 0 Å². The van der Waals surface area contributed by atoms with E-state index in [1.54, 1.807) is 11.8 Å². The quantitative estimate of drug-likeness (QED) is 0.545. The van der Waals surface area contributed by atoms with Gasteiger partial charge in [-0.05, 0) is 18.4 Å². The average Bonchev–Trinajstić information content (AvgIpc) is 2.58. The Morgan fingerprint density at radius 2 is 2.21 bits per heavy atom. The van der Waals surface area contributed by atoms with E-state index in [0.29, 0.717) is 0 Å². The van der Waals surface area contributed by atoms with E-state index < -0.39 is 0 Å². The van der Waals surface area contributed by atoms with Gasteiger partial charge in [-0.1, -0.05) is 24.3 Å². The molecule has 1 aromatic heterocycles. The smallest absolute Gasteiger partial charge is 0.0759 e. The molecule has 0 aliphatic heterocycles. The Hall–Kier alpha value is -1.15. The summed E-state index contributed by atoms with van der Waals surface area (Å²) in [5, 5.41) is 2.60. The summed E-state index contributed by atoms with van der Waals surface area (Å²) in [6.45, 7) is 4.67. The molecule has 0 N–H and O–H groups in total. The average molecular weight is 203 g/mol. The maximum Gasteiger partial charge on any atom is 0.0759 e. The van der Waals surface area contributed by atoms with Crippen molar-refractivity contribution in [3.8, 4) is 0 Å². The van der Waals surface area contributed by atoms with Crippen LogP contribution in [0.5, 0.6) is 0 Å². The molecule has 72 valence electrons. The highest BCUT2D eigenvalue weighted by Crippen LogP contribution is 2.25. The maximum atomic E-state index is 3.79. The number of benzene rings is 1. The van der Waals surface area contributed by atoms with Gasteiger partial charge in [0.1, 0.15) is 0 Å². The molecular formula is C12H13NS. The molecule has 0 amide bonds. The summed E-state index contributed by atoms with van der Waals surface area (Å²) in [5.41, 5.74) is 1.29. The predicted molar refractivity (Wildman–Crippen MR) is 63.9 cm³/mol. The van der Waals surface area contributed by atoms with Gasteiger partial charge < -0.3 is 4.57 Å². The van der Waals surface area contributed by atoms with Crippen molar-refractivity contribution in [2.45, 2.75) is 11.6 Å². The zero-order valence-electron chi connectivity index (χ0n) is 8.23. The monoisotopic (exact) mass is 203 g/mol. The summed E-state index contributed by atoms with van der Waals surface area (Å²) < 4.78 is 2.28. The van der Waals surface area contributed by atoms with Crippen LogP contribution in [0.1, 0.15) is 0 Å². The third-order valence-electron chi connectivity index (χ3n) is 2.29. The number of fused-ring (bicyclic) bond motifs is 1. The van der Waals surface area contributed by atoms with Crippen molar-refractivity contribution < 1.29 is 0 Å². The Bertz CT molecular complexity index is 456. The van der Waals surface area contributed by atoms with Crippen LogP contribution < -0.4 is 0 Å². The highest BCUT2D eigenvalue weighted by Gasteiger charge is 2.05. The lowest BCUT2D eigenvalue weighted by atomic mass is 10.2. The summed E-state index contributed by atoms with van der Waals surface area (Å²) in [7, 11) is 0. The number of para-hydroxylation sites is 1. The molecule has 0 saturated carbocycles. The van der Waals surface area contributed by atoms with E-state index in [2.05, 4.69) is 47.7 Å². The topological polar surface area (TPSA) is 4.93 Å². The number of thioether (sulfide) groups is 1. The standard InChI is InChI=1S/C12H13NS/c1-3-8-13-11-7-5-4-6-10(11)9-12(13)14-2/h3-7,9H,1,8H2,2H3. The number of rotatable bonds is 3. The highest BCUT2D eigenvalue weighted by molar-refractivity contribution is 7.98. The van der Waals surface area contributed by atoms with Gasteiger partial charge in [0.15, 0.2) is 0 Å². The fraction of sp³-hybridized carbons (Fsp3) is 0.167. The van der Waals surface area contributed by atoms with Gasteiger partial charge in [-0.15, -0.1) is 18.3 Å². The number of allylic oxidation sites excluding steroid dienone is 1. The predicted octanol–water partition coefficient (Wildman–Crippen LogP) is 3.55. The van der Waals surface area contributed by atoms with Gasteiger partial charge in [-0.2, -0.15) is 0 Å². The zero-order chi connectivity index (χ0) is 9.97. The minimum absolute atomic E-state index is 0.879. The molecule has 1 heterocycles. The Labute approximate surface area is 88.4 Å². The van der Waals surface area contributed by atoms with Crippen LogP contribution in [0, 0.1) is 0 Å². The van der Waals surface area contributed by atoms with Crippen LogP contribution in [0.15, 0.2) is 48.0 Å². The Balaban J connectivity index is 2.67. The van der Waals surface area contributed by atoms with Crippen LogP contribution >= 0.6 is 11.8 Å². The van der Waals surface area contributed by atoms with Gasteiger partial charge in [0, 0.05) is 17.4 Å². The second-order valence-corrected chi connectivity index (χ2v) is 3.97. The van der Waals surface area contributed by atoms with E-state index in [0.717, 1.165) is 6.54 Å². The van der Waals surface area contributed by atoms with Crippen LogP contribution in [0.4, 0.5) is 0 Å². The Morgan fingerprint density at radius 3 is 2.93 bits per heavy atom. The fourth-order valence-electron chi connectivity index (χ4n) is 1.67. The van der Waals surface area contributed by atoms with Gasteiger partial charge in [0.2, 0.25) is 0 Å². The minimum Gasteiger partial charge on any atom is -0.332 e. The first kappa shape index (κ1) is 9.41. The highest BCUT2D eigenvalue weighted by atomic mass is 32.2. The molecule has 2 heteroatoms. The molecule has 14 heavy (non-hydrogen) atoms. The molecule has 0 aliphatic carbocycles. The molecule has 0 atom stereocenters. The van der Waals surface area contributed by atoms with Crippen molar-refractivity contribution in [2.24, 2.45) is 0 Å². The Kier molecular flexibility index (Phi) is 2.64. The SMILES string of the molecule is C=CCn1c(SC)cc2ccccc21. The Morgan fingerprint density at radius 1 is 1.43 bits per heavy atom. The number of aromatic nitrogens is 1. The molecule has 0 spiro atoms. The van der Waals surface area contributed by atoms with Crippen molar-refractivity contribution in [3.05, 3.63) is 43.0 Å². The third kappa shape index (κ3) is 1.46. The first-order valence-corrected chi connectivity index (χ1v) is 5.82. The summed E-state index contributed by atoms with van der Waals surface area (Å²) in [6, 6.07) is 10.7. The van der Waals surface area contributed by atoms with E-state index in [9.17, 15) is 0 Å². The molecule has 0 unspecified atom stereocenters. The lowest BCUT2D eigenvalue weighted by molar-refractivity contribution is 0.783. The largest absolute Gasteiger partial charge is 0.332 e. The first-order chi connectivity index (χ1) is 6.86. The molecule has 0 radical (unpaired) electrons.